The summed E-state index contributed by atoms with van der Waals surface area (Å²) in [6.45, 7) is 4.78. The third-order valence-electron chi connectivity index (χ3n) is 4.16. The predicted octanol–water partition coefficient (Wildman–Crippen LogP) is 5.72. The average molecular weight is 403 g/mol. The van der Waals surface area contributed by atoms with Gasteiger partial charge in [-0.1, -0.05) is 31.0 Å². The van der Waals surface area contributed by atoms with E-state index in [2.05, 4.69) is 11.9 Å². The first-order valence-electron chi connectivity index (χ1n) is 8.86. The van der Waals surface area contributed by atoms with Gasteiger partial charge < -0.3 is 4.57 Å². The number of benzene rings is 2. The lowest BCUT2D eigenvalue weighted by molar-refractivity contribution is 0.0998. The Morgan fingerprint density at radius 2 is 1.93 bits per heavy atom. The molecule has 1 heterocycles. The van der Waals surface area contributed by atoms with Crippen molar-refractivity contribution in [3.8, 4) is 11.3 Å². The molecule has 0 unspecified atom stereocenters. The second-order valence-electron chi connectivity index (χ2n) is 6.08. The number of rotatable bonds is 5. The highest BCUT2D eigenvalue weighted by Crippen LogP contribution is 2.27. The van der Waals surface area contributed by atoms with Crippen LogP contribution in [0.4, 0.5) is 4.39 Å². The van der Waals surface area contributed by atoms with Crippen LogP contribution in [0.1, 0.15) is 35.5 Å². The molecule has 6 heteroatoms. The summed E-state index contributed by atoms with van der Waals surface area (Å²) in [5.41, 5.74) is 2.38. The van der Waals surface area contributed by atoms with Crippen LogP contribution in [-0.2, 0) is 13.0 Å². The number of thiazole rings is 1. The largest absolute Gasteiger partial charge is 0.316 e. The van der Waals surface area contributed by atoms with Crippen LogP contribution in [0.15, 0.2) is 53.5 Å². The van der Waals surface area contributed by atoms with E-state index in [0.29, 0.717) is 21.9 Å². The average Bonchev–Trinajstić information content (AvgIpc) is 2.99. The summed E-state index contributed by atoms with van der Waals surface area (Å²) in [6, 6.07) is 13.2. The van der Waals surface area contributed by atoms with Gasteiger partial charge in [-0.15, -0.1) is 11.3 Å². The molecule has 0 aliphatic heterocycles. The maximum absolute atomic E-state index is 13.4. The van der Waals surface area contributed by atoms with Crippen LogP contribution in [0.3, 0.4) is 0 Å². The highest BCUT2D eigenvalue weighted by atomic mass is 35.5. The fourth-order valence-electron chi connectivity index (χ4n) is 2.93. The lowest BCUT2D eigenvalue weighted by Gasteiger charge is -2.09. The van der Waals surface area contributed by atoms with Gasteiger partial charge in [0.15, 0.2) is 4.80 Å². The first-order valence-corrected chi connectivity index (χ1v) is 10.1. The van der Waals surface area contributed by atoms with Crippen molar-refractivity contribution >= 4 is 28.8 Å². The molecule has 0 saturated carbocycles. The number of hydrogen-bond donors (Lipinski definition) is 0. The number of aryl methyl sites for hydroxylation is 1. The fourth-order valence-corrected chi connectivity index (χ4v) is 4.43. The van der Waals surface area contributed by atoms with Gasteiger partial charge in [0.05, 0.1) is 5.69 Å². The van der Waals surface area contributed by atoms with E-state index in [-0.39, 0.29) is 11.7 Å². The van der Waals surface area contributed by atoms with Crippen molar-refractivity contribution < 1.29 is 9.18 Å². The van der Waals surface area contributed by atoms with Gasteiger partial charge in [0.25, 0.3) is 5.91 Å². The minimum atomic E-state index is -0.324. The van der Waals surface area contributed by atoms with E-state index in [1.54, 1.807) is 36.4 Å². The maximum Gasteiger partial charge on any atom is 0.279 e. The number of carbonyl (C=O) groups is 1. The summed E-state index contributed by atoms with van der Waals surface area (Å²) in [6.07, 6.45) is 1.85. The number of halogens is 2. The third kappa shape index (κ3) is 4.37. The molecule has 0 aliphatic carbocycles. The molecule has 27 heavy (non-hydrogen) atoms. The molecular formula is C21H20ClFN2OS. The van der Waals surface area contributed by atoms with Gasteiger partial charge in [0.2, 0.25) is 0 Å². The van der Waals surface area contributed by atoms with E-state index in [1.807, 2.05) is 11.5 Å². The molecule has 1 aromatic heterocycles. The van der Waals surface area contributed by atoms with Gasteiger partial charge in [-0.3, -0.25) is 4.79 Å². The van der Waals surface area contributed by atoms with E-state index in [4.69, 9.17) is 11.6 Å². The summed E-state index contributed by atoms with van der Waals surface area (Å²) >= 11 is 7.50. The van der Waals surface area contributed by atoms with Gasteiger partial charge in [0, 0.05) is 22.0 Å². The van der Waals surface area contributed by atoms with Gasteiger partial charge in [0.1, 0.15) is 5.82 Å². The summed E-state index contributed by atoms with van der Waals surface area (Å²) in [4.78, 5) is 18.8. The molecule has 3 aromatic rings. The van der Waals surface area contributed by atoms with E-state index >= 15 is 0 Å². The molecule has 3 nitrogen and oxygen atoms in total. The van der Waals surface area contributed by atoms with Crippen LogP contribution in [-0.4, -0.2) is 10.5 Å². The first-order chi connectivity index (χ1) is 13.0. The molecule has 2 aromatic carbocycles. The number of aromatic nitrogens is 1. The van der Waals surface area contributed by atoms with Crippen molar-refractivity contribution in [1.82, 2.24) is 4.57 Å². The highest BCUT2D eigenvalue weighted by Gasteiger charge is 2.15. The topological polar surface area (TPSA) is 34.4 Å². The lowest BCUT2D eigenvalue weighted by atomic mass is 10.1. The molecule has 3 rings (SSSR count). The van der Waals surface area contributed by atoms with E-state index in [9.17, 15) is 9.18 Å². The molecule has 0 N–H and O–H groups in total. The zero-order valence-electron chi connectivity index (χ0n) is 15.2. The van der Waals surface area contributed by atoms with Crippen molar-refractivity contribution in [1.29, 1.82) is 0 Å². The second kappa shape index (κ2) is 8.63. The molecule has 0 spiro atoms. The fraction of sp³-hybridized carbons (Fsp3) is 0.238. The monoisotopic (exact) mass is 402 g/mol. The quantitative estimate of drug-likeness (QED) is 0.537. The number of amides is 1. The van der Waals surface area contributed by atoms with Gasteiger partial charge >= 0.3 is 0 Å². The predicted molar refractivity (Wildman–Crippen MR) is 109 cm³/mol. The lowest BCUT2D eigenvalue weighted by Crippen LogP contribution is -2.17. The third-order valence-corrected chi connectivity index (χ3v) is 5.53. The normalized spacial score (nSPS) is 11.8. The van der Waals surface area contributed by atoms with E-state index < -0.39 is 0 Å². The number of carbonyl (C=O) groups excluding carboxylic acids is 1. The minimum Gasteiger partial charge on any atom is -0.316 e. The number of hydrogen-bond acceptors (Lipinski definition) is 2. The summed E-state index contributed by atoms with van der Waals surface area (Å²) in [5, 5.41) is 0.504. The Hall–Kier alpha value is -2.24. The Morgan fingerprint density at radius 1 is 1.19 bits per heavy atom. The molecule has 0 atom stereocenters. The van der Waals surface area contributed by atoms with Gasteiger partial charge in [-0.25, -0.2) is 4.39 Å². The summed E-state index contributed by atoms with van der Waals surface area (Å²) < 4.78 is 15.4. The SMILES string of the molecule is CCCc1sc(=NC(=O)c2cccc(Cl)c2)n(CC)c1-c1ccc(F)cc1. The minimum absolute atomic E-state index is 0.268. The second-order valence-corrected chi connectivity index (χ2v) is 7.58. The Morgan fingerprint density at radius 3 is 2.56 bits per heavy atom. The Balaban J connectivity index is 2.14. The zero-order chi connectivity index (χ0) is 19.4. The molecular weight excluding hydrogens is 383 g/mol. The van der Waals surface area contributed by atoms with Crippen LogP contribution in [0, 0.1) is 5.82 Å². The molecule has 140 valence electrons. The molecule has 0 aliphatic rings. The van der Waals surface area contributed by atoms with Gasteiger partial charge in [-0.2, -0.15) is 4.99 Å². The van der Waals surface area contributed by atoms with Crippen molar-refractivity contribution in [3.63, 3.8) is 0 Å². The van der Waals surface area contributed by atoms with Gasteiger partial charge in [-0.05, 0) is 61.4 Å². The molecule has 0 saturated heterocycles. The Kier molecular flexibility index (Phi) is 6.24. The molecule has 0 bridgehead atoms. The standard InChI is InChI=1S/C21H20ClFN2OS/c1-3-6-18-19(14-9-11-17(23)12-10-14)25(4-2)21(27-18)24-20(26)15-7-5-8-16(22)13-15/h5,7-13H,3-4,6H2,1-2H3. The molecule has 1 amide bonds. The summed E-state index contributed by atoms with van der Waals surface area (Å²) in [5.74, 6) is -0.593. The highest BCUT2D eigenvalue weighted by molar-refractivity contribution is 7.09. The smallest absolute Gasteiger partial charge is 0.279 e. The Bertz CT molecular complexity index is 1020. The number of nitrogens with zero attached hydrogens (tertiary/aromatic N) is 2. The van der Waals surface area contributed by atoms with Crippen molar-refractivity contribution in [2.75, 3.05) is 0 Å². The Labute approximate surface area is 166 Å². The van der Waals surface area contributed by atoms with Crippen molar-refractivity contribution in [3.05, 3.63) is 74.6 Å². The van der Waals surface area contributed by atoms with Crippen molar-refractivity contribution in [2.45, 2.75) is 33.2 Å². The van der Waals surface area contributed by atoms with Crippen LogP contribution in [0.25, 0.3) is 11.3 Å². The zero-order valence-corrected chi connectivity index (χ0v) is 16.8. The van der Waals surface area contributed by atoms with Crippen LogP contribution in [0.5, 0.6) is 0 Å². The summed E-state index contributed by atoms with van der Waals surface area (Å²) in [7, 11) is 0. The van der Waals surface area contributed by atoms with E-state index in [0.717, 1.165) is 29.0 Å². The van der Waals surface area contributed by atoms with E-state index in [1.165, 1.54) is 23.5 Å². The maximum atomic E-state index is 13.4. The first kappa shape index (κ1) is 19.5. The van der Waals surface area contributed by atoms with Crippen LogP contribution in [0.2, 0.25) is 5.02 Å². The molecule has 0 radical (unpaired) electrons. The van der Waals surface area contributed by atoms with Crippen molar-refractivity contribution in [2.24, 2.45) is 4.99 Å². The van der Waals surface area contributed by atoms with Crippen LogP contribution >= 0.6 is 22.9 Å². The van der Waals surface area contributed by atoms with Crippen LogP contribution < -0.4 is 4.80 Å². The molecule has 0 fully saturated rings.